The molecule has 3 aliphatic rings. The minimum absolute atomic E-state index is 0.0291. The van der Waals surface area contributed by atoms with Crippen molar-refractivity contribution >= 4 is 23.9 Å². The van der Waals surface area contributed by atoms with Crippen molar-refractivity contribution in [3.63, 3.8) is 0 Å². The van der Waals surface area contributed by atoms with Gasteiger partial charge in [0.15, 0.2) is 11.6 Å². The minimum atomic E-state index is -4.57. The third-order valence-corrected chi connectivity index (χ3v) is 11.2. The molecule has 1 atom stereocenters. The number of carbonyl (C=O) groups is 3. The molecule has 2 aliphatic heterocycles. The predicted molar refractivity (Wildman–Crippen MR) is 203 cm³/mol. The van der Waals surface area contributed by atoms with Gasteiger partial charge in [0.1, 0.15) is 35.2 Å². The monoisotopic (exact) mass is 822 g/mol. The number of carbonyl (C=O) groups excluding carboxylic acids is 3. The summed E-state index contributed by atoms with van der Waals surface area (Å²) in [5.74, 6) is -1.69. The highest BCUT2D eigenvalue weighted by Gasteiger charge is 2.53. The Morgan fingerprint density at radius 1 is 1.08 bits per heavy atom. The van der Waals surface area contributed by atoms with Crippen LogP contribution in [-0.2, 0) is 32.9 Å². The van der Waals surface area contributed by atoms with E-state index < -0.39 is 41.2 Å². The van der Waals surface area contributed by atoms with Crippen LogP contribution in [0.2, 0.25) is 0 Å². The number of hydroxylamine groups is 1. The summed E-state index contributed by atoms with van der Waals surface area (Å²) in [5, 5.41) is 11.1. The van der Waals surface area contributed by atoms with E-state index in [2.05, 4.69) is 46.2 Å². The molecule has 7 rings (SSSR count). The Hall–Kier alpha value is -5.82. The van der Waals surface area contributed by atoms with Crippen molar-refractivity contribution in [2.24, 2.45) is 5.41 Å². The molecule has 312 valence electrons. The maximum absolute atomic E-state index is 15.4. The largest absolute Gasteiger partial charge is 0.402 e. The first kappa shape index (κ1) is 41.3. The van der Waals surface area contributed by atoms with Gasteiger partial charge in [-0.25, -0.2) is 28.5 Å². The lowest BCUT2D eigenvalue weighted by molar-refractivity contribution is -0.182. The molecule has 1 aliphatic carbocycles. The fraction of sp³-hybridized carbons (Fsp3) is 0.425. The standard InChI is InChI=1S/C40H43F5N10O4/c1-22-10-27(29(42)12-31(22)55(8-5-9-56)37(58)46-4)24-14-39(15-24)20-54(21-39)19-23-6-7-26(28(41)11-23)25-16-47-34(48-17-25)30-13-32(59-53-30)35(57)49-18-33-50-36(52-51-33)38(2,3)40(43,44)45/h6-7,9-13,16-17,24,30,53H,5,8,14-15,18-21H2,1-4H3,(H,46,58)(H,49,57)(H,50,51,52). The molecule has 59 heavy (non-hydrogen) atoms. The number of benzene rings is 2. The first-order valence-corrected chi connectivity index (χ1v) is 19.0. The van der Waals surface area contributed by atoms with Crippen LogP contribution in [0.3, 0.4) is 0 Å². The normalized spacial score (nSPS) is 17.8. The molecule has 1 unspecified atom stereocenters. The highest BCUT2D eigenvalue weighted by atomic mass is 19.4. The Morgan fingerprint density at radius 2 is 1.81 bits per heavy atom. The summed E-state index contributed by atoms with van der Waals surface area (Å²) in [5.41, 5.74) is 3.83. The summed E-state index contributed by atoms with van der Waals surface area (Å²) in [4.78, 5) is 57.5. The minimum Gasteiger partial charge on any atom is -0.402 e. The van der Waals surface area contributed by atoms with E-state index in [9.17, 15) is 27.6 Å². The molecule has 1 saturated heterocycles. The fourth-order valence-electron chi connectivity index (χ4n) is 7.84. The molecule has 1 spiro atoms. The summed E-state index contributed by atoms with van der Waals surface area (Å²) in [6.45, 7) is 5.87. The summed E-state index contributed by atoms with van der Waals surface area (Å²) in [6.07, 6.45) is 2.33. The number of aryl methyl sites for hydroxylation is 1. The molecule has 4 aromatic rings. The lowest BCUT2D eigenvalue weighted by Gasteiger charge is -2.59. The number of alkyl halides is 3. The average molecular weight is 823 g/mol. The molecular formula is C40H43F5N10O4. The van der Waals surface area contributed by atoms with Crippen molar-refractivity contribution in [1.29, 1.82) is 0 Å². The highest BCUT2D eigenvalue weighted by Crippen LogP contribution is 2.57. The van der Waals surface area contributed by atoms with Gasteiger partial charge in [-0.15, -0.1) is 5.48 Å². The number of nitrogens with one attached hydrogen (secondary N) is 4. The van der Waals surface area contributed by atoms with E-state index in [0.717, 1.165) is 57.2 Å². The number of hydrogen-bond donors (Lipinski definition) is 4. The molecule has 19 heteroatoms. The third kappa shape index (κ3) is 8.38. The SMILES string of the molecule is CNC(=O)N(CCC=O)c1cc(F)c(C2CC3(C2)CN(Cc2ccc(-c4cnc(C5C=C(C(=O)NCc6nc(C(C)(C)C(F)(F)F)n[nH]6)ON5)nc4)c(F)c2)C3)cc1C. The molecule has 14 nitrogen and oxygen atoms in total. The first-order valence-electron chi connectivity index (χ1n) is 19.0. The zero-order valence-electron chi connectivity index (χ0n) is 32.7. The van der Waals surface area contributed by atoms with Crippen LogP contribution in [0.15, 0.2) is 54.6 Å². The number of urea groups is 1. The zero-order chi connectivity index (χ0) is 42.3. The highest BCUT2D eigenvalue weighted by molar-refractivity contribution is 5.93. The van der Waals surface area contributed by atoms with E-state index in [-0.39, 0.29) is 54.1 Å². The van der Waals surface area contributed by atoms with E-state index in [1.807, 2.05) is 19.1 Å². The van der Waals surface area contributed by atoms with Crippen molar-refractivity contribution in [1.82, 2.24) is 46.2 Å². The third-order valence-electron chi connectivity index (χ3n) is 11.2. The number of hydrogen-bond acceptors (Lipinski definition) is 10. The van der Waals surface area contributed by atoms with Crippen molar-refractivity contribution in [2.45, 2.75) is 76.7 Å². The molecule has 1 saturated carbocycles. The van der Waals surface area contributed by atoms with Crippen LogP contribution in [0.1, 0.15) is 79.2 Å². The second-order valence-electron chi connectivity index (χ2n) is 15.9. The molecule has 3 amide bonds. The second-order valence-corrected chi connectivity index (χ2v) is 15.9. The lowest BCUT2D eigenvalue weighted by Crippen LogP contribution is -2.61. The van der Waals surface area contributed by atoms with Crippen LogP contribution >= 0.6 is 0 Å². The van der Waals surface area contributed by atoms with Crippen LogP contribution in [-0.4, -0.2) is 81.1 Å². The molecule has 4 heterocycles. The second kappa shape index (κ2) is 16.1. The number of aldehydes is 1. The van der Waals surface area contributed by atoms with Crippen molar-refractivity contribution < 1.29 is 41.2 Å². The molecule has 0 radical (unpaired) electrons. The maximum Gasteiger partial charge on any atom is 0.401 e. The molecule has 4 N–H and O–H groups in total. The Morgan fingerprint density at radius 3 is 2.47 bits per heavy atom. The molecule has 0 bridgehead atoms. The van der Waals surface area contributed by atoms with Crippen LogP contribution in [0, 0.1) is 24.0 Å². The van der Waals surface area contributed by atoms with Crippen LogP contribution < -0.4 is 21.0 Å². The van der Waals surface area contributed by atoms with Gasteiger partial charge in [-0.2, -0.15) is 18.3 Å². The van der Waals surface area contributed by atoms with E-state index >= 15 is 8.78 Å². The van der Waals surface area contributed by atoms with Crippen molar-refractivity contribution in [2.75, 3.05) is 31.6 Å². The Labute approximate surface area is 336 Å². The van der Waals surface area contributed by atoms with Gasteiger partial charge in [0.25, 0.3) is 5.91 Å². The summed E-state index contributed by atoms with van der Waals surface area (Å²) in [7, 11) is 1.49. The van der Waals surface area contributed by atoms with E-state index in [0.29, 0.717) is 28.9 Å². The number of halogens is 5. The van der Waals surface area contributed by atoms with Crippen LogP contribution in [0.25, 0.3) is 11.1 Å². The van der Waals surface area contributed by atoms with Crippen LogP contribution in [0.4, 0.5) is 32.4 Å². The summed E-state index contributed by atoms with van der Waals surface area (Å²) < 4.78 is 70.8. The number of amides is 3. The Balaban J connectivity index is 0.892. The number of likely N-dealkylation sites (tertiary alicyclic amines) is 1. The number of rotatable bonds is 13. The first-order chi connectivity index (χ1) is 28.0. The lowest BCUT2D eigenvalue weighted by atomic mass is 9.56. The zero-order valence-corrected chi connectivity index (χ0v) is 32.7. The predicted octanol–water partition coefficient (Wildman–Crippen LogP) is 5.58. The van der Waals surface area contributed by atoms with Gasteiger partial charge in [-0.05, 0) is 79.8 Å². The van der Waals surface area contributed by atoms with Crippen molar-refractivity contribution in [3.05, 3.63) is 100 Å². The van der Waals surface area contributed by atoms with Gasteiger partial charge in [0, 0.05) is 63.2 Å². The number of anilines is 1. The van der Waals surface area contributed by atoms with E-state index in [1.54, 1.807) is 6.07 Å². The average Bonchev–Trinajstić information content (AvgIpc) is 3.87. The quantitative estimate of drug-likeness (QED) is 0.0987. The summed E-state index contributed by atoms with van der Waals surface area (Å²) >= 11 is 0. The van der Waals surface area contributed by atoms with Gasteiger partial charge >= 0.3 is 12.2 Å². The maximum atomic E-state index is 15.4. The summed E-state index contributed by atoms with van der Waals surface area (Å²) in [6, 6.07) is 7.11. The van der Waals surface area contributed by atoms with Gasteiger partial charge < -0.3 is 20.3 Å². The topological polar surface area (TPSA) is 170 Å². The Kier molecular flexibility index (Phi) is 11.3. The number of nitrogens with zero attached hydrogens (tertiary/aromatic N) is 6. The smallest absolute Gasteiger partial charge is 0.401 e. The van der Waals surface area contributed by atoms with Gasteiger partial charge in [-0.3, -0.25) is 19.7 Å². The number of aromatic amines is 1. The molecule has 2 aromatic heterocycles. The van der Waals surface area contributed by atoms with Crippen LogP contribution in [0.5, 0.6) is 0 Å². The van der Waals surface area contributed by atoms with Gasteiger partial charge in [-0.1, -0.05) is 18.2 Å². The van der Waals surface area contributed by atoms with Gasteiger partial charge in [0.2, 0.25) is 5.76 Å². The molecule has 2 aromatic carbocycles. The number of H-pyrrole nitrogens is 1. The molecule has 2 fully saturated rings. The molecular weight excluding hydrogens is 779 g/mol. The Bertz CT molecular complexity index is 2270. The van der Waals surface area contributed by atoms with Gasteiger partial charge in [0.05, 0.1) is 12.2 Å². The number of aromatic nitrogens is 5. The van der Waals surface area contributed by atoms with E-state index in [4.69, 9.17) is 4.84 Å². The van der Waals surface area contributed by atoms with E-state index in [1.165, 1.54) is 42.6 Å². The van der Waals surface area contributed by atoms with Crippen molar-refractivity contribution in [3.8, 4) is 11.1 Å². The fourth-order valence-corrected chi connectivity index (χ4v) is 7.84.